The van der Waals surface area contributed by atoms with Crippen molar-refractivity contribution in [2.45, 2.75) is 16.1 Å². The molecule has 1 amide bonds. The van der Waals surface area contributed by atoms with Crippen LogP contribution in [0.3, 0.4) is 0 Å². The predicted molar refractivity (Wildman–Crippen MR) is 154 cm³/mol. The van der Waals surface area contributed by atoms with Crippen molar-refractivity contribution in [2.24, 2.45) is 0 Å². The van der Waals surface area contributed by atoms with E-state index in [1.54, 1.807) is 48.5 Å². The number of aliphatic hydroxyl groups is 1. The molecule has 5 rings (SSSR count). The highest BCUT2D eigenvalue weighted by Gasteiger charge is 2.48. The summed E-state index contributed by atoms with van der Waals surface area (Å²) in [7, 11) is 0. The number of aromatic nitrogens is 2. The lowest BCUT2D eigenvalue weighted by atomic mass is 9.95. The number of thioether (sulfide) groups is 1. The number of Topliss-reactive ketones (excluding diaryl/α,β-unsaturated/α-hetero) is 1. The molecule has 0 spiro atoms. The van der Waals surface area contributed by atoms with Gasteiger partial charge in [-0.2, -0.15) is 0 Å². The summed E-state index contributed by atoms with van der Waals surface area (Å²) in [6, 6.07) is 17.5. The molecule has 38 heavy (non-hydrogen) atoms. The number of hydrogen-bond acceptors (Lipinski definition) is 7. The van der Waals surface area contributed by atoms with Crippen LogP contribution in [-0.4, -0.2) is 27.0 Å². The Bertz CT molecular complexity index is 1590. The Kier molecular flexibility index (Phi) is 8.00. The van der Waals surface area contributed by atoms with Crippen molar-refractivity contribution in [1.29, 1.82) is 0 Å². The molecule has 1 N–H and O–H groups in total. The maximum absolute atomic E-state index is 13.3. The van der Waals surface area contributed by atoms with Crippen molar-refractivity contribution in [3.8, 4) is 0 Å². The monoisotopic (exact) mass is 621 g/mol. The Hall–Kier alpha value is -2.59. The molecule has 1 atom stereocenters. The molecule has 1 aromatic heterocycles. The van der Waals surface area contributed by atoms with Gasteiger partial charge in [-0.15, -0.1) is 10.2 Å². The van der Waals surface area contributed by atoms with E-state index in [-0.39, 0.29) is 21.5 Å². The SMILES string of the molecule is O=C1C(=O)N(c2nnc(SCc3ccccc3Cl)s2)C(c2ccc(Cl)c(Cl)c2)/C1=C(/O)c1ccc(Cl)cc1. The van der Waals surface area contributed by atoms with Gasteiger partial charge in [0, 0.05) is 21.4 Å². The third kappa shape index (κ3) is 5.30. The number of carbonyl (C=O) groups excluding carboxylic acids is 2. The van der Waals surface area contributed by atoms with Gasteiger partial charge >= 0.3 is 5.91 Å². The molecule has 4 aromatic rings. The fraction of sp³-hybridized carbons (Fsp3) is 0.0769. The van der Waals surface area contributed by atoms with Crippen LogP contribution in [0, 0.1) is 0 Å². The second-order valence-corrected chi connectivity index (χ2v) is 11.9. The summed E-state index contributed by atoms with van der Waals surface area (Å²) in [6.07, 6.45) is 0. The number of aliphatic hydroxyl groups excluding tert-OH is 1. The Morgan fingerprint density at radius 3 is 2.37 bits per heavy atom. The number of ketones is 1. The van der Waals surface area contributed by atoms with Gasteiger partial charge in [0.05, 0.1) is 21.7 Å². The van der Waals surface area contributed by atoms with Gasteiger partial charge in [-0.25, -0.2) is 0 Å². The van der Waals surface area contributed by atoms with E-state index in [1.165, 1.54) is 16.7 Å². The van der Waals surface area contributed by atoms with E-state index in [0.717, 1.165) is 16.9 Å². The first kappa shape index (κ1) is 27.0. The lowest BCUT2D eigenvalue weighted by molar-refractivity contribution is -0.132. The fourth-order valence-corrected chi connectivity index (χ4v) is 6.49. The van der Waals surface area contributed by atoms with Crippen LogP contribution in [0.5, 0.6) is 0 Å². The van der Waals surface area contributed by atoms with Gasteiger partial charge < -0.3 is 5.11 Å². The highest BCUT2D eigenvalue weighted by atomic mass is 35.5. The summed E-state index contributed by atoms with van der Waals surface area (Å²) >= 11 is 27.2. The average molecular weight is 623 g/mol. The molecule has 12 heteroatoms. The zero-order valence-electron chi connectivity index (χ0n) is 19.1. The Balaban J connectivity index is 1.56. The number of hydrogen-bond donors (Lipinski definition) is 1. The van der Waals surface area contributed by atoms with Crippen molar-refractivity contribution in [1.82, 2.24) is 10.2 Å². The molecule has 1 aliphatic rings. The molecular weight excluding hydrogens is 608 g/mol. The molecular formula is C26H15Cl4N3O3S2. The summed E-state index contributed by atoms with van der Waals surface area (Å²) in [5.41, 5.74) is 1.60. The largest absolute Gasteiger partial charge is 0.507 e. The van der Waals surface area contributed by atoms with E-state index in [2.05, 4.69) is 10.2 Å². The highest BCUT2D eigenvalue weighted by molar-refractivity contribution is 8.00. The summed E-state index contributed by atoms with van der Waals surface area (Å²) in [4.78, 5) is 27.9. The number of halogens is 4. The van der Waals surface area contributed by atoms with Gasteiger partial charge in [0.1, 0.15) is 5.76 Å². The van der Waals surface area contributed by atoms with Crippen LogP contribution in [-0.2, 0) is 15.3 Å². The van der Waals surface area contributed by atoms with Crippen molar-refractivity contribution >= 4 is 92.1 Å². The Morgan fingerprint density at radius 1 is 0.921 bits per heavy atom. The van der Waals surface area contributed by atoms with Crippen LogP contribution in [0.1, 0.15) is 22.7 Å². The van der Waals surface area contributed by atoms with Gasteiger partial charge in [0.25, 0.3) is 5.78 Å². The number of nitrogens with zero attached hydrogens (tertiary/aromatic N) is 3. The van der Waals surface area contributed by atoms with Crippen LogP contribution >= 0.6 is 69.5 Å². The second kappa shape index (κ2) is 11.3. The molecule has 1 saturated heterocycles. The zero-order chi connectivity index (χ0) is 27.0. The molecule has 0 bridgehead atoms. The van der Waals surface area contributed by atoms with Crippen LogP contribution in [0.25, 0.3) is 5.76 Å². The molecule has 2 heterocycles. The standard InChI is InChI=1S/C26H15Cl4N3O3S2/c27-16-8-5-13(6-9-16)22(34)20-21(14-7-10-18(29)19(30)11-14)33(24(36)23(20)35)25-31-32-26(38-25)37-12-15-3-1-2-4-17(15)28/h1-11,21,34H,12H2/b22-20-. The minimum Gasteiger partial charge on any atom is -0.507 e. The molecule has 3 aromatic carbocycles. The molecule has 6 nitrogen and oxygen atoms in total. The van der Waals surface area contributed by atoms with E-state index in [1.807, 2.05) is 18.2 Å². The molecule has 0 aliphatic carbocycles. The number of rotatable bonds is 6. The summed E-state index contributed by atoms with van der Waals surface area (Å²) in [5, 5.41) is 21.4. The smallest absolute Gasteiger partial charge is 0.301 e. The Labute approximate surface area is 245 Å². The topological polar surface area (TPSA) is 83.4 Å². The molecule has 1 unspecified atom stereocenters. The summed E-state index contributed by atoms with van der Waals surface area (Å²) in [6.45, 7) is 0. The van der Waals surface area contributed by atoms with Crippen molar-refractivity contribution in [3.63, 3.8) is 0 Å². The van der Waals surface area contributed by atoms with Gasteiger partial charge in [-0.05, 0) is 53.6 Å². The van der Waals surface area contributed by atoms with Crippen molar-refractivity contribution < 1.29 is 14.7 Å². The number of amides is 1. The second-order valence-electron chi connectivity index (χ2n) is 8.08. The van der Waals surface area contributed by atoms with Crippen molar-refractivity contribution in [3.05, 3.63) is 109 Å². The summed E-state index contributed by atoms with van der Waals surface area (Å²) < 4.78 is 0.576. The van der Waals surface area contributed by atoms with E-state index < -0.39 is 17.7 Å². The van der Waals surface area contributed by atoms with Crippen LogP contribution < -0.4 is 4.90 Å². The van der Waals surface area contributed by atoms with E-state index in [0.29, 0.717) is 36.3 Å². The summed E-state index contributed by atoms with van der Waals surface area (Å²) in [5.74, 6) is -1.53. The minimum atomic E-state index is -1.02. The number of anilines is 1. The predicted octanol–water partition coefficient (Wildman–Crippen LogP) is 8.07. The highest BCUT2D eigenvalue weighted by Crippen LogP contribution is 2.45. The van der Waals surface area contributed by atoms with E-state index >= 15 is 0 Å². The van der Waals surface area contributed by atoms with E-state index in [9.17, 15) is 14.7 Å². The minimum absolute atomic E-state index is 0.115. The van der Waals surface area contributed by atoms with Crippen LogP contribution in [0.4, 0.5) is 5.13 Å². The first-order valence-corrected chi connectivity index (χ1v) is 14.3. The lowest BCUT2D eigenvalue weighted by Gasteiger charge is -2.22. The maximum Gasteiger partial charge on any atom is 0.301 e. The average Bonchev–Trinajstić information content (AvgIpc) is 3.47. The van der Waals surface area contributed by atoms with Crippen molar-refractivity contribution in [2.75, 3.05) is 4.90 Å². The lowest BCUT2D eigenvalue weighted by Crippen LogP contribution is -2.29. The molecule has 192 valence electrons. The third-order valence-electron chi connectivity index (χ3n) is 5.73. The van der Waals surface area contributed by atoms with Crippen LogP contribution in [0.15, 0.2) is 76.6 Å². The normalized spacial score (nSPS) is 16.8. The van der Waals surface area contributed by atoms with E-state index in [4.69, 9.17) is 46.4 Å². The number of benzene rings is 3. The zero-order valence-corrected chi connectivity index (χ0v) is 23.7. The first-order chi connectivity index (χ1) is 18.2. The van der Waals surface area contributed by atoms with Gasteiger partial charge in [-0.3, -0.25) is 14.5 Å². The first-order valence-electron chi connectivity index (χ1n) is 11.0. The molecule has 1 aliphatic heterocycles. The van der Waals surface area contributed by atoms with Gasteiger partial charge in [0.2, 0.25) is 5.13 Å². The Morgan fingerprint density at radius 2 is 1.66 bits per heavy atom. The molecule has 0 saturated carbocycles. The molecule has 0 radical (unpaired) electrons. The van der Waals surface area contributed by atoms with Gasteiger partial charge in [0.15, 0.2) is 4.34 Å². The third-order valence-corrected chi connectivity index (χ3v) is 9.20. The maximum atomic E-state index is 13.3. The quantitative estimate of drug-likeness (QED) is 0.0769. The number of carbonyl (C=O) groups is 2. The van der Waals surface area contributed by atoms with Gasteiger partial charge in [-0.1, -0.05) is 93.8 Å². The molecule has 1 fully saturated rings. The fourth-order valence-electron chi connectivity index (χ4n) is 3.90. The van der Waals surface area contributed by atoms with Crippen LogP contribution in [0.2, 0.25) is 20.1 Å².